The summed E-state index contributed by atoms with van der Waals surface area (Å²) in [5, 5.41) is 19.0. The summed E-state index contributed by atoms with van der Waals surface area (Å²) in [6.45, 7) is 1.87. The van der Waals surface area contributed by atoms with Crippen LogP contribution in [0, 0.1) is 0 Å². The summed E-state index contributed by atoms with van der Waals surface area (Å²) in [7, 11) is 3.32. The molecule has 1 aliphatic rings. The number of carboxylic acid groups (broad SMARTS) is 1. The summed E-state index contributed by atoms with van der Waals surface area (Å²) in [5.41, 5.74) is 3.58. The van der Waals surface area contributed by atoms with E-state index in [0.717, 1.165) is 34.6 Å². The monoisotopic (exact) mass is 606 g/mol. The maximum Gasteiger partial charge on any atom is 0.407 e. The number of para-hydroxylation sites is 2. The number of carbonyl (C=O) groups excluding carboxylic acids is 1. The minimum atomic E-state index is -1.01. The highest BCUT2D eigenvalue weighted by Gasteiger charge is 2.34. The molecule has 10 nitrogen and oxygen atoms in total. The predicted octanol–water partition coefficient (Wildman–Crippen LogP) is 4.73. The third-order valence-corrected chi connectivity index (χ3v) is 7.82. The highest BCUT2D eigenvalue weighted by atomic mass is 16.5. The van der Waals surface area contributed by atoms with E-state index in [1.165, 1.54) is 9.80 Å². The zero-order valence-corrected chi connectivity index (χ0v) is 25.4. The lowest BCUT2D eigenvalue weighted by Gasteiger charge is -2.37. The molecule has 0 radical (unpaired) electrons. The Hall–Kier alpha value is -4.12. The number of benzene rings is 3. The van der Waals surface area contributed by atoms with E-state index in [4.69, 9.17) is 18.9 Å². The van der Waals surface area contributed by atoms with E-state index in [1.807, 2.05) is 72.8 Å². The average Bonchev–Trinajstić information content (AvgIpc) is 3.05. The number of methoxy groups -OCH3 is 1. The number of hydrogen-bond donors (Lipinski definition) is 2. The molecule has 3 aromatic rings. The van der Waals surface area contributed by atoms with Crippen molar-refractivity contribution in [2.24, 2.45) is 0 Å². The van der Waals surface area contributed by atoms with Gasteiger partial charge in [-0.2, -0.15) is 0 Å². The van der Waals surface area contributed by atoms with Crippen LogP contribution in [-0.2, 0) is 27.3 Å². The van der Waals surface area contributed by atoms with Crippen molar-refractivity contribution >= 4 is 17.7 Å². The molecular formula is C34H42N2O8. The smallest absolute Gasteiger partial charge is 0.407 e. The first kappa shape index (κ1) is 32.8. The van der Waals surface area contributed by atoms with Gasteiger partial charge in [0, 0.05) is 43.8 Å². The lowest BCUT2D eigenvalue weighted by atomic mass is 9.87. The third-order valence-electron chi connectivity index (χ3n) is 7.82. The van der Waals surface area contributed by atoms with Gasteiger partial charge in [0.1, 0.15) is 18.1 Å². The normalized spacial score (nSPS) is 16.4. The van der Waals surface area contributed by atoms with E-state index in [9.17, 15) is 19.8 Å². The van der Waals surface area contributed by atoms with Crippen LogP contribution in [0.2, 0.25) is 0 Å². The molecule has 1 fully saturated rings. The number of nitrogens with zero attached hydrogens (tertiary/aromatic N) is 2. The fourth-order valence-corrected chi connectivity index (χ4v) is 5.39. The first-order valence-electron chi connectivity index (χ1n) is 14.9. The molecule has 0 bridgehead atoms. The Morgan fingerprint density at radius 2 is 1.70 bits per heavy atom. The second-order valence-corrected chi connectivity index (χ2v) is 10.7. The standard InChI is InChI=1S/C34H42N2O8/c1-35(30-10-5-3-8-26(30)17-19-37)33(38)24-44-32-22-36(34(39)40)18-16-29(32)25-12-14-28(15-13-25)43-21-7-20-42-23-27-9-4-6-11-31(27)41-2/h3-6,8-15,29,32,37H,7,16-24H2,1-2H3,(H,39,40). The SMILES string of the molecule is COc1ccccc1COCCCOc1ccc(C2CCN(C(=O)O)CC2OCC(=O)N(C)c2ccccc2CCO)cc1. The van der Waals surface area contributed by atoms with Gasteiger partial charge in [-0.15, -0.1) is 0 Å². The number of carbonyl (C=O) groups is 2. The number of likely N-dealkylation sites (N-methyl/N-ethyl adjacent to an activating group) is 1. The molecule has 1 heterocycles. The van der Waals surface area contributed by atoms with Crippen LogP contribution in [0.3, 0.4) is 0 Å². The first-order valence-corrected chi connectivity index (χ1v) is 14.9. The summed E-state index contributed by atoms with van der Waals surface area (Å²) in [6.07, 6.45) is 0.244. The molecule has 2 atom stereocenters. The number of amides is 2. The molecule has 0 saturated carbocycles. The summed E-state index contributed by atoms with van der Waals surface area (Å²) in [5.74, 6) is 1.21. The van der Waals surface area contributed by atoms with Crippen molar-refractivity contribution in [2.45, 2.75) is 37.9 Å². The zero-order valence-electron chi connectivity index (χ0n) is 25.4. The molecule has 1 aliphatic heterocycles. The molecule has 236 valence electrons. The number of anilines is 1. The minimum Gasteiger partial charge on any atom is -0.496 e. The molecule has 2 N–H and O–H groups in total. The Bertz CT molecular complexity index is 1350. The number of ether oxygens (including phenoxy) is 4. The van der Waals surface area contributed by atoms with Crippen LogP contribution in [0.5, 0.6) is 11.5 Å². The van der Waals surface area contributed by atoms with Gasteiger partial charge in [-0.05, 0) is 48.2 Å². The van der Waals surface area contributed by atoms with E-state index in [-0.39, 0.29) is 31.6 Å². The lowest BCUT2D eigenvalue weighted by Crippen LogP contribution is -2.47. The molecular weight excluding hydrogens is 564 g/mol. The molecule has 0 spiro atoms. The maximum atomic E-state index is 13.1. The summed E-state index contributed by atoms with van der Waals surface area (Å²) in [6, 6.07) is 23.0. The van der Waals surface area contributed by atoms with Crippen LogP contribution >= 0.6 is 0 Å². The Balaban J connectivity index is 1.29. The largest absolute Gasteiger partial charge is 0.496 e. The van der Waals surface area contributed by atoms with Crippen molar-refractivity contribution in [1.82, 2.24) is 4.90 Å². The second kappa shape index (κ2) is 16.7. The van der Waals surface area contributed by atoms with Crippen molar-refractivity contribution in [1.29, 1.82) is 0 Å². The van der Waals surface area contributed by atoms with Gasteiger partial charge in [0.2, 0.25) is 0 Å². The highest BCUT2D eigenvalue weighted by Crippen LogP contribution is 2.32. The number of piperidine rings is 1. The number of likely N-dealkylation sites (tertiary alicyclic amines) is 1. The van der Waals surface area contributed by atoms with Gasteiger partial charge in [0.15, 0.2) is 0 Å². The molecule has 4 rings (SSSR count). The Labute approximate surface area is 258 Å². The van der Waals surface area contributed by atoms with Crippen molar-refractivity contribution in [3.8, 4) is 11.5 Å². The van der Waals surface area contributed by atoms with Crippen LogP contribution in [0.4, 0.5) is 10.5 Å². The molecule has 2 unspecified atom stereocenters. The third kappa shape index (κ3) is 8.95. The summed E-state index contributed by atoms with van der Waals surface area (Å²) >= 11 is 0. The van der Waals surface area contributed by atoms with Crippen molar-refractivity contribution in [3.63, 3.8) is 0 Å². The van der Waals surface area contributed by atoms with Gasteiger partial charge >= 0.3 is 6.09 Å². The van der Waals surface area contributed by atoms with E-state index in [0.29, 0.717) is 44.9 Å². The Morgan fingerprint density at radius 1 is 0.977 bits per heavy atom. The highest BCUT2D eigenvalue weighted by molar-refractivity contribution is 5.94. The van der Waals surface area contributed by atoms with Crippen LogP contribution in [0.1, 0.15) is 35.4 Å². The van der Waals surface area contributed by atoms with Gasteiger partial charge in [0.05, 0.1) is 39.6 Å². The Kier molecular flexibility index (Phi) is 12.4. The molecule has 0 aliphatic carbocycles. The van der Waals surface area contributed by atoms with E-state index < -0.39 is 12.2 Å². The van der Waals surface area contributed by atoms with Gasteiger partial charge in [0.25, 0.3) is 5.91 Å². The van der Waals surface area contributed by atoms with Gasteiger partial charge in [-0.25, -0.2) is 4.79 Å². The topological polar surface area (TPSA) is 118 Å². The van der Waals surface area contributed by atoms with Gasteiger partial charge in [-0.1, -0.05) is 48.5 Å². The predicted molar refractivity (Wildman–Crippen MR) is 167 cm³/mol. The number of aliphatic hydroxyl groups excluding tert-OH is 1. The van der Waals surface area contributed by atoms with E-state index in [1.54, 1.807) is 14.2 Å². The van der Waals surface area contributed by atoms with E-state index >= 15 is 0 Å². The van der Waals surface area contributed by atoms with Gasteiger partial charge < -0.3 is 39.0 Å². The number of aliphatic hydroxyl groups is 1. The molecule has 3 aromatic carbocycles. The van der Waals surface area contributed by atoms with Crippen molar-refractivity contribution < 1.29 is 38.7 Å². The summed E-state index contributed by atoms with van der Waals surface area (Å²) < 4.78 is 23.2. The maximum absolute atomic E-state index is 13.1. The summed E-state index contributed by atoms with van der Waals surface area (Å²) in [4.78, 5) is 27.7. The van der Waals surface area contributed by atoms with Gasteiger partial charge in [-0.3, -0.25) is 4.79 Å². The molecule has 44 heavy (non-hydrogen) atoms. The molecule has 10 heteroatoms. The number of rotatable bonds is 15. The quantitative estimate of drug-likeness (QED) is 0.239. The Morgan fingerprint density at radius 3 is 2.43 bits per heavy atom. The zero-order chi connectivity index (χ0) is 31.3. The minimum absolute atomic E-state index is 0.0205. The average molecular weight is 607 g/mol. The molecule has 1 saturated heterocycles. The van der Waals surface area contributed by atoms with Crippen LogP contribution in [0.15, 0.2) is 72.8 Å². The van der Waals surface area contributed by atoms with Crippen LogP contribution in [-0.4, -0.2) is 86.9 Å². The lowest BCUT2D eigenvalue weighted by molar-refractivity contribution is -0.126. The van der Waals surface area contributed by atoms with Crippen molar-refractivity contribution in [3.05, 3.63) is 89.5 Å². The van der Waals surface area contributed by atoms with E-state index in [2.05, 4.69) is 0 Å². The van der Waals surface area contributed by atoms with Crippen LogP contribution < -0.4 is 14.4 Å². The van der Waals surface area contributed by atoms with Crippen LogP contribution in [0.25, 0.3) is 0 Å². The fourth-order valence-electron chi connectivity index (χ4n) is 5.39. The fraction of sp³-hybridized carbons (Fsp3) is 0.412. The second-order valence-electron chi connectivity index (χ2n) is 10.7. The molecule has 0 aromatic heterocycles. The first-order chi connectivity index (χ1) is 21.4. The molecule has 2 amide bonds. The van der Waals surface area contributed by atoms with Crippen molar-refractivity contribution in [2.75, 3.05) is 58.6 Å². The number of hydrogen-bond acceptors (Lipinski definition) is 7.